The maximum absolute atomic E-state index is 6.39. The van der Waals surface area contributed by atoms with Gasteiger partial charge in [0.15, 0.2) is 0 Å². The predicted molar refractivity (Wildman–Crippen MR) is 102 cm³/mol. The highest BCUT2D eigenvalue weighted by molar-refractivity contribution is 5.92. The lowest BCUT2D eigenvalue weighted by Gasteiger charge is -2.35. The predicted octanol–water partition coefficient (Wildman–Crippen LogP) is 6.26. The van der Waals surface area contributed by atoms with E-state index < -0.39 is 0 Å². The molecule has 0 bridgehead atoms. The fourth-order valence-corrected chi connectivity index (χ4v) is 3.71. The number of aryl methyl sites for hydroxylation is 2. The molecule has 1 heteroatoms. The zero-order valence-corrected chi connectivity index (χ0v) is 14.9. The van der Waals surface area contributed by atoms with Crippen molar-refractivity contribution in [2.45, 2.75) is 46.1 Å². The van der Waals surface area contributed by atoms with Crippen molar-refractivity contribution >= 4 is 10.8 Å². The average molecular weight is 316 g/mol. The van der Waals surface area contributed by atoms with Crippen LogP contribution in [0.25, 0.3) is 21.9 Å². The van der Waals surface area contributed by atoms with Crippen molar-refractivity contribution in [3.05, 3.63) is 65.2 Å². The zero-order chi connectivity index (χ0) is 16.9. The van der Waals surface area contributed by atoms with Crippen LogP contribution in [0, 0.1) is 0 Å². The molecule has 0 N–H and O–H groups in total. The molecule has 3 aromatic rings. The van der Waals surface area contributed by atoms with E-state index >= 15 is 0 Å². The van der Waals surface area contributed by atoms with E-state index in [0.717, 1.165) is 18.6 Å². The number of ether oxygens (including phenoxy) is 1. The van der Waals surface area contributed by atoms with Gasteiger partial charge in [-0.3, -0.25) is 0 Å². The summed E-state index contributed by atoms with van der Waals surface area (Å²) in [5, 5.41) is 2.60. The molecule has 0 saturated heterocycles. The van der Waals surface area contributed by atoms with Gasteiger partial charge in [-0.05, 0) is 72.4 Å². The third-order valence-corrected chi connectivity index (χ3v) is 5.21. The lowest BCUT2D eigenvalue weighted by atomic mass is 9.83. The van der Waals surface area contributed by atoms with Gasteiger partial charge < -0.3 is 4.74 Å². The third kappa shape index (κ3) is 2.31. The molecule has 0 atom stereocenters. The summed E-state index contributed by atoms with van der Waals surface area (Å²) in [7, 11) is 0. The highest BCUT2D eigenvalue weighted by Crippen LogP contribution is 2.46. The van der Waals surface area contributed by atoms with Crippen LogP contribution in [-0.2, 0) is 18.4 Å². The Balaban J connectivity index is 2.00. The van der Waals surface area contributed by atoms with Crippen LogP contribution >= 0.6 is 0 Å². The van der Waals surface area contributed by atoms with Crippen molar-refractivity contribution in [1.29, 1.82) is 0 Å². The summed E-state index contributed by atoms with van der Waals surface area (Å²) < 4.78 is 6.39. The number of rotatable bonds is 2. The van der Waals surface area contributed by atoms with Gasteiger partial charge in [0.25, 0.3) is 0 Å². The molecule has 0 aliphatic carbocycles. The van der Waals surface area contributed by atoms with Gasteiger partial charge in [-0.25, -0.2) is 0 Å². The Kier molecular flexibility index (Phi) is 3.42. The number of hydrogen-bond acceptors (Lipinski definition) is 1. The van der Waals surface area contributed by atoms with E-state index in [4.69, 9.17) is 4.74 Å². The first-order chi connectivity index (χ1) is 11.5. The molecule has 1 aliphatic heterocycles. The summed E-state index contributed by atoms with van der Waals surface area (Å²) >= 11 is 0. The third-order valence-electron chi connectivity index (χ3n) is 5.21. The van der Waals surface area contributed by atoms with E-state index in [9.17, 15) is 0 Å². The molecule has 0 aromatic heterocycles. The van der Waals surface area contributed by atoms with Crippen LogP contribution in [0.2, 0.25) is 0 Å². The van der Waals surface area contributed by atoms with Crippen LogP contribution in [-0.4, -0.2) is 0 Å². The standard InChI is InChI=1S/C23H24O/c1-5-15-7-9-17-13-20-19-10-8-16(6-2)12-22(19)24-23(3,4)21(20)14-18(17)11-15/h7-14H,5-6H2,1-4H3. The Labute approximate surface area is 144 Å². The number of benzene rings is 3. The maximum atomic E-state index is 6.39. The van der Waals surface area contributed by atoms with E-state index in [2.05, 4.69) is 76.2 Å². The Morgan fingerprint density at radius 2 is 1.46 bits per heavy atom. The van der Waals surface area contributed by atoms with E-state index in [0.29, 0.717) is 0 Å². The second kappa shape index (κ2) is 5.37. The van der Waals surface area contributed by atoms with Crippen molar-refractivity contribution in [3.63, 3.8) is 0 Å². The molecule has 1 heterocycles. The van der Waals surface area contributed by atoms with Crippen LogP contribution in [0.4, 0.5) is 0 Å². The molecule has 0 unspecified atom stereocenters. The number of hydrogen-bond donors (Lipinski definition) is 0. The Hall–Kier alpha value is -2.28. The minimum atomic E-state index is -0.314. The highest BCUT2D eigenvalue weighted by Gasteiger charge is 2.32. The van der Waals surface area contributed by atoms with E-state index in [1.165, 1.54) is 38.6 Å². The van der Waals surface area contributed by atoms with Crippen LogP contribution in [0.3, 0.4) is 0 Å². The zero-order valence-electron chi connectivity index (χ0n) is 14.9. The Bertz CT molecular complexity index is 934. The topological polar surface area (TPSA) is 9.23 Å². The van der Waals surface area contributed by atoms with Crippen molar-refractivity contribution in [2.75, 3.05) is 0 Å². The van der Waals surface area contributed by atoms with Crippen molar-refractivity contribution in [2.24, 2.45) is 0 Å². The van der Waals surface area contributed by atoms with Crippen molar-refractivity contribution in [1.82, 2.24) is 0 Å². The van der Waals surface area contributed by atoms with Gasteiger partial charge in [0.05, 0.1) is 0 Å². The van der Waals surface area contributed by atoms with Crippen molar-refractivity contribution < 1.29 is 4.74 Å². The largest absolute Gasteiger partial charge is 0.482 e. The van der Waals surface area contributed by atoms with Gasteiger partial charge in [0.2, 0.25) is 0 Å². The summed E-state index contributed by atoms with van der Waals surface area (Å²) in [5.41, 5.74) is 6.18. The molecule has 0 fully saturated rings. The fourth-order valence-electron chi connectivity index (χ4n) is 3.71. The molecule has 4 rings (SSSR count). The summed E-state index contributed by atoms with van der Waals surface area (Å²) in [5.74, 6) is 1.01. The first-order valence-electron chi connectivity index (χ1n) is 8.91. The van der Waals surface area contributed by atoms with E-state index in [1.54, 1.807) is 0 Å². The van der Waals surface area contributed by atoms with E-state index in [1.807, 2.05) is 0 Å². The smallest absolute Gasteiger partial charge is 0.129 e. The second-order valence-electron chi connectivity index (χ2n) is 7.23. The van der Waals surface area contributed by atoms with Crippen LogP contribution in [0.15, 0.2) is 48.5 Å². The lowest BCUT2D eigenvalue weighted by molar-refractivity contribution is 0.106. The van der Waals surface area contributed by atoms with Gasteiger partial charge in [0, 0.05) is 11.1 Å². The highest BCUT2D eigenvalue weighted by atomic mass is 16.5. The maximum Gasteiger partial charge on any atom is 0.129 e. The fraction of sp³-hybridized carbons (Fsp3) is 0.304. The Morgan fingerprint density at radius 1 is 0.750 bits per heavy atom. The lowest BCUT2D eigenvalue weighted by Crippen LogP contribution is -2.29. The summed E-state index contributed by atoms with van der Waals surface area (Å²) in [6.45, 7) is 8.72. The molecule has 0 amide bonds. The summed E-state index contributed by atoms with van der Waals surface area (Å²) in [4.78, 5) is 0. The average Bonchev–Trinajstić information content (AvgIpc) is 2.59. The Morgan fingerprint density at radius 3 is 2.21 bits per heavy atom. The first-order valence-corrected chi connectivity index (χ1v) is 8.91. The van der Waals surface area contributed by atoms with Crippen LogP contribution < -0.4 is 4.74 Å². The molecule has 24 heavy (non-hydrogen) atoms. The molecule has 3 aromatic carbocycles. The minimum Gasteiger partial charge on any atom is -0.482 e. The van der Waals surface area contributed by atoms with Crippen molar-refractivity contribution in [3.8, 4) is 16.9 Å². The van der Waals surface area contributed by atoms with E-state index in [-0.39, 0.29) is 5.60 Å². The van der Waals surface area contributed by atoms with Gasteiger partial charge in [-0.15, -0.1) is 0 Å². The van der Waals surface area contributed by atoms with Crippen LogP contribution in [0.1, 0.15) is 44.4 Å². The molecule has 1 nitrogen and oxygen atoms in total. The summed E-state index contributed by atoms with van der Waals surface area (Å²) in [6, 6.07) is 18.1. The van der Waals surface area contributed by atoms with Gasteiger partial charge in [-0.2, -0.15) is 0 Å². The normalized spacial score (nSPS) is 14.8. The molecule has 0 saturated carbocycles. The monoisotopic (exact) mass is 316 g/mol. The number of fused-ring (bicyclic) bond motifs is 4. The molecular formula is C23H24O. The van der Waals surface area contributed by atoms with Gasteiger partial charge in [-0.1, -0.05) is 44.2 Å². The van der Waals surface area contributed by atoms with Gasteiger partial charge in [0.1, 0.15) is 11.4 Å². The first kappa shape index (κ1) is 15.3. The SMILES string of the molecule is CCc1ccc2c(c1)OC(C)(C)c1cc3cc(CC)ccc3cc1-2. The molecule has 0 radical (unpaired) electrons. The molecule has 0 spiro atoms. The van der Waals surface area contributed by atoms with Gasteiger partial charge >= 0.3 is 0 Å². The second-order valence-corrected chi connectivity index (χ2v) is 7.23. The molecule has 1 aliphatic rings. The summed E-state index contributed by atoms with van der Waals surface area (Å²) in [6.07, 6.45) is 2.09. The van der Waals surface area contributed by atoms with Crippen LogP contribution in [0.5, 0.6) is 5.75 Å². The minimum absolute atomic E-state index is 0.314. The molecular weight excluding hydrogens is 292 g/mol. The quantitative estimate of drug-likeness (QED) is 0.542. The molecule has 122 valence electrons.